The van der Waals surface area contributed by atoms with Crippen LogP contribution >= 0.6 is 0 Å². The number of nitrogens with one attached hydrogen (secondary N) is 1. The topological polar surface area (TPSA) is 108 Å². The maximum Gasteiger partial charge on any atom is 0.434 e. The van der Waals surface area contributed by atoms with E-state index in [1.165, 1.54) is 10.9 Å². The molecule has 1 aliphatic carbocycles. The van der Waals surface area contributed by atoms with Gasteiger partial charge in [-0.1, -0.05) is 24.3 Å². The van der Waals surface area contributed by atoms with Crippen molar-refractivity contribution in [2.24, 2.45) is 14.1 Å². The van der Waals surface area contributed by atoms with Gasteiger partial charge in [-0.25, -0.2) is 29.9 Å². The lowest BCUT2D eigenvalue weighted by atomic mass is 10.1. The maximum absolute atomic E-state index is 13.1. The Morgan fingerprint density at radius 3 is 2.44 bits per heavy atom. The fourth-order valence-electron chi connectivity index (χ4n) is 4.48. The molecule has 4 aromatic heterocycles. The second-order valence-corrected chi connectivity index (χ2v) is 9.45. The summed E-state index contributed by atoms with van der Waals surface area (Å²) >= 11 is 0. The molecule has 1 N–H and O–H groups in total. The summed E-state index contributed by atoms with van der Waals surface area (Å²) in [5.41, 5.74) is 3.34. The second-order valence-electron chi connectivity index (χ2n) is 9.45. The van der Waals surface area contributed by atoms with E-state index in [0.29, 0.717) is 52.3 Å². The normalized spacial score (nSPS) is 13.7. The Morgan fingerprint density at radius 1 is 1.00 bits per heavy atom. The fraction of sp³-hybridized carbons (Fsp3) is 0.308. The van der Waals surface area contributed by atoms with Crippen molar-refractivity contribution in [1.82, 2.24) is 39.0 Å². The predicted molar refractivity (Wildman–Crippen MR) is 137 cm³/mol. The Balaban J connectivity index is 1.30. The van der Waals surface area contributed by atoms with Crippen LogP contribution in [0.4, 0.5) is 19.0 Å². The molecule has 0 atom stereocenters. The minimum Gasteiger partial charge on any atom is -0.480 e. The third-order valence-corrected chi connectivity index (χ3v) is 6.62. The van der Waals surface area contributed by atoms with E-state index in [1.807, 2.05) is 23.7 Å². The van der Waals surface area contributed by atoms with Gasteiger partial charge in [-0.2, -0.15) is 13.2 Å². The fourth-order valence-corrected chi connectivity index (χ4v) is 4.48. The first-order chi connectivity index (χ1) is 18.7. The lowest BCUT2D eigenvalue weighted by Crippen LogP contribution is -2.07. The Morgan fingerprint density at radius 2 is 1.77 bits per heavy atom. The van der Waals surface area contributed by atoms with Crippen LogP contribution in [0.1, 0.15) is 35.7 Å². The summed E-state index contributed by atoms with van der Waals surface area (Å²) in [6.07, 6.45) is 1.73. The van der Waals surface area contributed by atoms with Gasteiger partial charge in [0, 0.05) is 38.3 Å². The van der Waals surface area contributed by atoms with Gasteiger partial charge in [0.15, 0.2) is 23.0 Å². The second kappa shape index (κ2) is 9.33. The molecule has 0 spiro atoms. The van der Waals surface area contributed by atoms with E-state index in [-0.39, 0.29) is 5.82 Å². The van der Waals surface area contributed by atoms with E-state index in [9.17, 15) is 13.2 Å². The molecule has 10 nitrogen and oxygen atoms in total. The maximum atomic E-state index is 13.1. The van der Waals surface area contributed by atoms with Crippen molar-refractivity contribution in [3.8, 4) is 28.7 Å². The van der Waals surface area contributed by atoms with Gasteiger partial charge >= 0.3 is 6.18 Å². The van der Waals surface area contributed by atoms with E-state index < -0.39 is 11.9 Å². The largest absolute Gasteiger partial charge is 0.480 e. The monoisotopic (exact) mass is 535 g/mol. The number of alkyl halides is 3. The third kappa shape index (κ3) is 4.64. The number of ether oxygens (including phenoxy) is 1. The first-order valence-electron chi connectivity index (χ1n) is 12.2. The number of halogens is 3. The van der Waals surface area contributed by atoms with Crippen LogP contribution in [0.2, 0.25) is 0 Å². The number of hydrogen-bond acceptors (Lipinski definition) is 8. The van der Waals surface area contributed by atoms with Gasteiger partial charge in [-0.05, 0) is 18.4 Å². The van der Waals surface area contributed by atoms with Crippen molar-refractivity contribution >= 4 is 17.0 Å². The average Bonchev–Trinajstić information content (AvgIpc) is 3.60. The molecule has 0 saturated heterocycles. The molecule has 0 amide bonds. The molecule has 4 heterocycles. The lowest BCUT2D eigenvalue weighted by Gasteiger charge is -2.13. The Labute approximate surface area is 221 Å². The number of imidazole rings is 2. The number of hydrogen-bond donors (Lipinski definition) is 1. The molecule has 1 fully saturated rings. The summed E-state index contributed by atoms with van der Waals surface area (Å²) in [6.45, 7) is 0.398. The summed E-state index contributed by atoms with van der Waals surface area (Å²) in [6, 6.07) is 7.16. The Bertz CT molecular complexity index is 1670. The zero-order valence-electron chi connectivity index (χ0n) is 21.4. The smallest absolute Gasteiger partial charge is 0.434 e. The molecule has 200 valence electrons. The van der Waals surface area contributed by atoms with Crippen molar-refractivity contribution < 1.29 is 17.9 Å². The highest BCUT2D eigenvalue weighted by molar-refractivity contribution is 5.86. The summed E-state index contributed by atoms with van der Waals surface area (Å²) in [5, 5.41) is 3.35. The molecule has 0 aliphatic heterocycles. The van der Waals surface area contributed by atoms with Gasteiger partial charge in [-0.15, -0.1) is 0 Å². The van der Waals surface area contributed by atoms with Crippen LogP contribution in [0.3, 0.4) is 0 Å². The first kappa shape index (κ1) is 24.8. The number of rotatable bonds is 7. The van der Waals surface area contributed by atoms with E-state index in [0.717, 1.165) is 30.3 Å². The van der Waals surface area contributed by atoms with Gasteiger partial charge < -0.3 is 19.2 Å². The van der Waals surface area contributed by atoms with Gasteiger partial charge in [-0.3, -0.25) is 0 Å². The summed E-state index contributed by atoms with van der Waals surface area (Å²) in [7, 11) is 4.96. The molecule has 0 bridgehead atoms. The van der Waals surface area contributed by atoms with Crippen molar-refractivity contribution in [3.63, 3.8) is 0 Å². The molecule has 5 aromatic rings. The molecule has 39 heavy (non-hydrogen) atoms. The number of aromatic nitrogens is 8. The van der Waals surface area contributed by atoms with Crippen molar-refractivity contribution in [1.29, 1.82) is 0 Å². The Hall–Kier alpha value is -4.55. The van der Waals surface area contributed by atoms with Gasteiger partial charge in [0.2, 0.25) is 5.88 Å². The van der Waals surface area contributed by atoms with Crippen LogP contribution in [-0.4, -0.2) is 46.1 Å². The summed E-state index contributed by atoms with van der Waals surface area (Å²) < 4.78 is 47.9. The predicted octanol–water partition coefficient (Wildman–Crippen LogP) is 4.74. The van der Waals surface area contributed by atoms with E-state index in [1.54, 1.807) is 32.6 Å². The zero-order chi connectivity index (χ0) is 27.3. The van der Waals surface area contributed by atoms with Crippen LogP contribution in [0, 0.1) is 0 Å². The number of aryl methyl sites for hydroxylation is 2. The highest BCUT2D eigenvalue weighted by Gasteiger charge is 2.35. The number of methoxy groups -OCH3 is 1. The third-order valence-electron chi connectivity index (χ3n) is 6.62. The van der Waals surface area contributed by atoms with E-state index >= 15 is 0 Å². The van der Waals surface area contributed by atoms with Gasteiger partial charge in [0.1, 0.15) is 23.2 Å². The van der Waals surface area contributed by atoms with Crippen molar-refractivity contribution in [2.75, 3.05) is 12.4 Å². The standard InChI is InChI=1S/C26H24F3N9O/c1-37-11-17(26(27,28)29)34-23(37)16-6-4-14(5-7-16)10-30-22-20-24(38(2)13-33-20)36-21(35-22)18-19(15-8-9-15)31-12-32-25(18)39-3/h4-7,11-13,15H,8-10H2,1-3H3,(H,30,35,36). The van der Waals surface area contributed by atoms with Crippen molar-refractivity contribution in [2.45, 2.75) is 31.5 Å². The molecule has 1 aromatic carbocycles. The molecule has 13 heteroatoms. The highest BCUT2D eigenvalue weighted by Crippen LogP contribution is 2.45. The quantitative estimate of drug-likeness (QED) is 0.319. The van der Waals surface area contributed by atoms with Crippen LogP contribution in [0.5, 0.6) is 5.88 Å². The Kier molecular flexibility index (Phi) is 5.92. The van der Waals surface area contributed by atoms with Crippen LogP contribution in [0.25, 0.3) is 33.9 Å². The molecule has 1 saturated carbocycles. The molecule has 6 rings (SSSR count). The van der Waals surface area contributed by atoms with Crippen LogP contribution in [0.15, 0.2) is 43.1 Å². The lowest BCUT2D eigenvalue weighted by molar-refractivity contribution is -0.140. The summed E-state index contributed by atoms with van der Waals surface area (Å²) in [5.74, 6) is 1.95. The van der Waals surface area contributed by atoms with Gasteiger partial charge in [0.25, 0.3) is 0 Å². The molecule has 1 aliphatic rings. The number of anilines is 1. The molecular formula is C26H24F3N9O. The van der Waals surface area contributed by atoms with E-state index in [2.05, 4.69) is 25.3 Å². The molecule has 0 unspecified atom stereocenters. The first-order valence-corrected chi connectivity index (χ1v) is 12.2. The van der Waals surface area contributed by atoms with Crippen molar-refractivity contribution in [3.05, 3.63) is 60.1 Å². The minimum atomic E-state index is -4.50. The number of nitrogens with zero attached hydrogens (tertiary/aromatic N) is 8. The minimum absolute atomic E-state index is 0.239. The summed E-state index contributed by atoms with van der Waals surface area (Å²) in [4.78, 5) is 26.6. The van der Waals surface area contributed by atoms with Gasteiger partial charge in [0.05, 0.1) is 19.1 Å². The van der Waals surface area contributed by atoms with E-state index in [4.69, 9.17) is 14.7 Å². The zero-order valence-corrected chi connectivity index (χ0v) is 21.4. The SMILES string of the molecule is COc1ncnc(C2CC2)c1-c1nc(NCc2ccc(-c3nc(C(F)(F)F)cn3C)cc2)c2ncn(C)c2n1. The highest BCUT2D eigenvalue weighted by atomic mass is 19.4. The number of fused-ring (bicyclic) bond motifs is 1. The number of benzene rings is 1. The molecular weight excluding hydrogens is 511 g/mol. The van der Waals surface area contributed by atoms with Crippen LogP contribution < -0.4 is 10.1 Å². The molecule has 0 radical (unpaired) electrons. The van der Waals surface area contributed by atoms with Crippen LogP contribution in [-0.2, 0) is 26.8 Å². The average molecular weight is 536 g/mol.